The number of hydrogen-bond donors (Lipinski definition) is 1. The number of nitrogens with zero attached hydrogens (tertiary/aromatic N) is 2. The number of fused-ring (bicyclic) bond motifs is 1. The lowest BCUT2D eigenvalue weighted by atomic mass is 10.1. The molecule has 1 amide bonds. The summed E-state index contributed by atoms with van der Waals surface area (Å²) in [6, 6.07) is 15.5. The molecule has 144 valence electrons. The fraction of sp³-hybridized carbons (Fsp3) is 0.238. The van der Waals surface area contributed by atoms with Crippen LogP contribution in [0, 0.1) is 5.82 Å². The maximum Gasteiger partial charge on any atom is 0.258 e. The van der Waals surface area contributed by atoms with Crippen molar-refractivity contribution in [2.45, 2.75) is 19.3 Å². The van der Waals surface area contributed by atoms with Gasteiger partial charge in [-0.2, -0.15) is 0 Å². The molecule has 0 radical (unpaired) electrons. The Labute approximate surface area is 161 Å². The van der Waals surface area contributed by atoms with Gasteiger partial charge in [-0.3, -0.25) is 4.79 Å². The molecule has 0 unspecified atom stereocenters. The number of carbonyl (C=O) groups excluding carboxylic acids is 1. The van der Waals surface area contributed by atoms with Crippen LogP contribution in [0.4, 0.5) is 4.39 Å². The number of aromatic nitrogens is 2. The first-order chi connectivity index (χ1) is 13.7. The number of para-hydroxylation sites is 1. The van der Waals surface area contributed by atoms with Crippen LogP contribution in [0.2, 0.25) is 0 Å². The van der Waals surface area contributed by atoms with E-state index in [0.29, 0.717) is 25.4 Å². The molecule has 1 aromatic heterocycles. The lowest BCUT2D eigenvalue weighted by molar-refractivity contribution is -0.124. The van der Waals surface area contributed by atoms with Gasteiger partial charge < -0.3 is 19.4 Å². The Kier molecular flexibility index (Phi) is 5.34. The number of benzene rings is 2. The summed E-state index contributed by atoms with van der Waals surface area (Å²) in [5.41, 5.74) is 1.79. The van der Waals surface area contributed by atoms with Crippen LogP contribution in [0.15, 0.2) is 60.8 Å². The van der Waals surface area contributed by atoms with Crippen molar-refractivity contribution in [2.24, 2.45) is 0 Å². The van der Waals surface area contributed by atoms with E-state index in [0.717, 1.165) is 17.1 Å². The highest BCUT2D eigenvalue weighted by Crippen LogP contribution is 2.25. The number of imidazole rings is 1. The number of amides is 1. The van der Waals surface area contributed by atoms with Gasteiger partial charge in [0, 0.05) is 6.54 Å². The molecule has 1 N–H and O–H groups in total. The molecule has 0 bridgehead atoms. The van der Waals surface area contributed by atoms with Crippen molar-refractivity contribution in [3.63, 3.8) is 0 Å². The van der Waals surface area contributed by atoms with Gasteiger partial charge >= 0.3 is 0 Å². The van der Waals surface area contributed by atoms with E-state index < -0.39 is 0 Å². The van der Waals surface area contributed by atoms with Gasteiger partial charge in [-0.1, -0.05) is 18.2 Å². The molecule has 4 rings (SSSR count). The average molecular weight is 381 g/mol. The lowest BCUT2D eigenvalue weighted by Gasteiger charge is -2.26. The van der Waals surface area contributed by atoms with E-state index in [1.807, 2.05) is 22.8 Å². The largest absolute Gasteiger partial charge is 0.484 e. The Hall–Kier alpha value is -3.19. The molecule has 0 saturated carbocycles. The minimum absolute atomic E-state index is 0.0477. The lowest BCUT2D eigenvalue weighted by Crippen LogP contribution is -2.40. The highest BCUT2D eigenvalue weighted by molar-refractivity contribution is 5.77. The zero-order chi connectivity index (χ0) is 19.3. The first-order valence-corrected chi connectivity index (χ1v) is 9.05. The van der Waals surface area contributed by atoms with Crippen LogP contribution in [-0.2, 0) is 22.7 Å². The molecule has 7 heteroatoms. The third-order valence-corrected chi connectivity index (χ3v) is 4.55. The Morgan fingerprint density at radius 3 is 2.79 bits per heavy atom. The normalized spacial score (nSPS) is 15.7. The second-order valence-corrected chi connectivity index (χ2v) is 6.52. The van der Waals surface area contributed by atoms with E-state index in [4.69, 9.17) is 9.47 Å². The number of rotatable bonds is 6. The topological polar surface area (TPSA) is 65.4 Å². The molecule has 0 fully saturated rings. The monoisotopic (exact) mass is 381 g/mol. The molecule has 0 saturated heterocycles. The molecular formula is C21H20FN3O3. The van der Waals surface area contributed by atoms with Gasteiger partial charge in [0.1, 0.15) is 24.0 Å². The van der Waals surface area contributed by atoms with Crippen LogP contribution in [0.1, 0.15) is 5.82 Å². The Bertz CT molecular complexity index is 941. The van der Waals surface area contributed by atoms with E-state index in [2.05, 4.69) is 10.3 Å². The highest BCUT2D eigenvalue weighted by atomic mass is 19.1. The first kappa shape index (κ1) is 18.2. The van der Waals surface area contributed by atoms with Crippen molar-refractivity contribution < 1.29 is 18.7 Å². The van der Waals surface area contributed by atoms with Crippen molar-refractivity contribution in [1.29, 1.82) is 0 Å². The second-order valence-electron chi connectivity index (χ2n) is 6.52. The summed E-state index contributed by atoms with van der Waals surface area (Å²) in [5, 5.41) is 2.84. The van der Waals surface area contributed by atoms with Crippen LogP contribution < -0.4 is 10.1 Å². The molecule has 6 nitrogen and oxygen atoms in total. The van der Waals surface area contributed by atoms with Crippen molar-refractivity contribution in [1.82, 2.24) is 14.9 Å². The number of hydrogen-bond acceptors (Lipinski definition) is 4. The summed E-state index contributed by atoms with van der Waals surface area (Å²) in [6.45, 7) is 1.25. The van der Waals surface area contributed by atoms with Crippen LogP contribution in [0.5, 0.6) is 5.75 Å². The Morgan fingerprint density at radius 1 is 1.21 bits per heavy atom. The maximum absolute atomic E-state index is 13.2. The second kappa shape index (κ2) is 8.22. The van der Waals surface area contributed by atoms with E-state index in [-0.39, 0.29) is 24.4 Å². The van der Waals surface area contributed by atoms with Crippen LogP contribution >= 0.6 is 0 Å². The van der Waals surface area contributed by atoms with Crippen molar-refractivity contribution in [3.8, 4) is 17.0 Å². The predicted octanol–water partition coefficient (Wildman–Crippen LogP) is 2.78. The Morgan fingerprint density at radius 2 is 2.00 bits per heavy atom. The van der Waals surface area contributed by atoms with Gasteiger partial charge in [0.2, 0.25) is 0 Å². The molecule has 3 aromatic rings. The summed E-state index contributed by atoms with van der Waals surface area (Å²) in [7, 11) is 0. The first-order valence-electron chi connectivity index (χ1n) is 9.05. The average Bonchev–Trinajstić information content (AvgIpc) is 3.15. The molecule has 1 aliphatic heterocycles. The molecule has 0 spiro atoms. The molecule has 1 aliphatic rings. The molecular weight excluding hydrogens is 361 g/mol. The van der Waals surface area contributed by atoms with Crippen molar-refractivity contribution in [3.05, 3.63) is 72.4 Å². The van der Waals surface area contributed by atoms with E-state index in [1.54, 1.807) is 30.5 Å². The third kappa shape index (κ3) is 4.20. The van der Waals surface area contributed by atoms with Crippen LogP contribution in [-0.4, -0.2) is 34.7 Å². The van der Waals surface area contributed by atoms with Crippen molar-refractivity contribution >= 4 is 5.91 Å². The SMILES string of the molecule is O=C(COc1ccccc1)NC[C@H]1Cn2c(-c3ccc(F)cc3)cnc2CO1. The van der Waals surface area contributed by atoms with Gasteiger partial charge in [0.15, 0.2) is 6.61 Å². The van der Waals surface area contributed by atoms with Crippen LogP contribution in [0.3, 0.4) is 0 Å². The van der Waals surface area contributed by atoms with E-state index >= 15 is 0 Å². The number of nitrogens with one attached hydrogen (secondary N) is 1. The number of halogens is 1. The highest BCUT2D eigenvalue weighted by Gasteiger charge is 2.23. The summed E-state index contributed by atoms with van der Waals surface area (Å²) in [6.07, 6.45) is 1.59. The standard InChI is InChI=1S/C21H20FN3O3/c22-16-8-6-15(7-9-16)19-11-23-20-13-27-18(12-25(19)20)10-24-21(26)14-28-17-4-2-1-3-5-17/h1-9,11,18H,10,12-14H2,(H,24,26)/t18-/m0/s1. The van der Waals surface area contributed by atoms with E-state index in [1.165, 1.54) is 12.1 Å². The minimum Gasteiger partial charge on any atom is -0.484 e. The third-order valence-electron chi connectivity index (χ3n) is 4.55. The number of carbonyl (C=O) groups is 1. The minimum atomic E-state index is -0.274. The zero-order valence-electron chi connectivity index (χ0n) is 15.2. The fourth-order valence-corrected chi connectivity index (χ4v) is 3.10. The maximum atomic E-state index is 13.2. The summed E-state index contributed by atoms with van der Waals surface area (Å²) < 4.78 is 26.5. The summed E-state index contributed by atoms with van der Waals surface area (Å²) >= 11 is 0. The molecule has 2 aromatic carbocycles. The van der Waals surface area contributed by atoms with Gasteiger partial charge in [-0.05, 0) is 42.0 Å². The molecule has 28 heavy (non-hydrogen) atoms. The summed E-state index contributed by atoms with van der Waals surface area (Å²) in [5.74, 6) is 0.985. The molecule has 2 heterocycles. The van der Waals surface area contributed by atoms with Gasteiger partial charge in [0.25, 0.3) is 5.91 Å². The molecule has 1 atom stereocenters. The predicted molar refractivity (Wildman–Crippen MR) is 101 cm³/mol. The smallest absolute Gasteiger partial charge is 0.258 e. The van der Waals surface area contributed by atoms with Crippen LogP contribution in [0.25, 0.3) is 11.3 Å². The van der Waals surface area contributed by atoms with Crippen molar-refractivity contribution in [2.75, 3.05) is 13.2 Å². The van der Waals surface area contributed by atoms with Gasteiger partial charge in [-0.25, -0.2) is 9.37 Å². The molecule has 0 aliphatic carbocycles. The van der Waals surface area contributed by atoms with Gasteiger partial charge in [-0.15, -0.1) is 0 Å². The van der Waals surface area contributed by atoms with Gasteiger partial charge in [0.05, 0.1) is 24.5 Å². The Balaban J connectivity index is 1.33. The number of ether oxygens (including phenoxy) is 2. The fourth-order valence-electron chi connectivity index (χ4n) is 3.10. The summed E-state index contributed by atoms with van der Waals surface area (Å²) in [4.78, 5) is 16.4. The zero-order valence-corrected chi connectivity index (χ0v) is 15.2. The quantitative estimate of drug-likeness (QED) is 0.713. The van der Waals surface area contributed by atoms with E-state index in [9.17, 15) is 9.18 Å².